The fourth-order valence-corrected chi connectivity index (χ4v) is 3.55. The van der Waals surface area contributed by atoms with E-state index in [1.54, 1.807) is 12.3 Å². The van der Waals surface area contributed by atoms with Crippen molar-refractivity contribution in [2.75, 3.05) is 5.75 Å². The fraction of sp³-hybridized carbons (Fsp3) is 0.556. The summed E-state index contributed by atoms with van der Waals surface area (Å²) in [5, 5.41) is 11.1. The van der Waals surface area contributed by atoms with Crippen LogP contribution in [0.5, 0.6) is 0 Å². The summed E-state index contributed by atoms with van der Waals surface area (Å²) in [6.07, 6.45) is 0. The first-order valence-electron chi connectivity index (χ1n) is 4.64. The van der Waals surface area contributed by atoms with Gasteiger partial charge in [0.25, 0.3) is 0 Å². The van der Waals surface area contributed by atoms with Gasteiger partial charge in [-0.1, -0.05) is 6.92 Å². The van der Waals surface area contributed by atoms with Crippen LogP contribution in [0.25, 0.3) is 0 Å². The average molecular weight is 263 g/mol. The second kappa shape index (κ2) is 4.92. The van der Waals surface area contributed by atoms with Crippen LogP contribution >= 0.6 is 11.3 Å². The number of aromatic nitrogens is 1. The van der Waals surface area contributed by atoms with Gasteiger partial charge in [-0.3, -0.25) is 4.79 Å². The van der Waals surface area contributed by atoms with E-state index in [4.69, 9.17) is 5.11 Å². The number of sulfone groups is 1. The van der Waals surface area contributed by atoms with Crippen LogP contribution in [0.4, 0.5) is 0 Å². The summed E-state index contributed by atoms with van der Waals surface area (Å²) in [6, 6.07) is 0. The molecule has 90 valence electrons. The van der Waals surface area contributed by atoms with Gasteiger partial charge in [0.15, 0.2) is 9.84 Å². The van der Waals surface area contributed by atoms with E-state index in [1.165, 1.54) is 18.3 Å². The van der Waals surface area contributed by atoms with Crippen molar-refractivity contribution in [1.82, 2.24) is 4.98 Å². The Labute approximate surface area is 98.1 Å². The van der Waals surface area contributed by atoms with Gasteiger partial charge in [0.1, 0.15) is 0 Å². The van der Waals surface area contributed by atoms with Crippen LogP contribution in [0, 0.1) is 12.8 Å². The molecule has 0 aliphatic heterocycles. The highest BCUT2D eigenvalue weighted by Crippen LogP contribution is 2.13. The molecule has 1 heterocycles. The second-order valence-electron chi connectivity index (χ2n) is 3.65. The number of carboxylic acid groups (broad SMARTS) is 1. The highest BCUT2D eigenvalue weighted by Gasteiger charge is 2.22. The minimum atomic E-state index is -3.40. The van der Waals surface area contributed by atoms with Crippen molar-refractivity contribution >= 4 is 27.1 Å². The second-order valence-corrected chi connectivity index (χ2v) is 6.82. The summed E-state index contributed by atoms with van der Waals surface area (Å²) < 4.78 is 23.3. The number of thiazole rings is 1. The Morgan fingerprint density at radius 3 is 2.69 bits per heavy atom. The number of nitrogens with zero attached hydrogens (tertiary/aromatic N) is 1. The van der Waals surface area contributed by atoms with Crippen molar-refractivity contribution in [3.05, 3.63) is 16.1 Å². The predicted molar refractivity (Wildman–Crippen MR) is 61.1 cm³/mol. The number of aryl methyl sites for hydroxylation is 1. The molecule has 1 N–H and O–H groups in total. The molecule has 0 bridgehead atoms. The third kappa shape index (κ3) is 3.90. The van der Waals surface area contributed by atoms with Crippen LogP contribution in [0.1, 0.15) is 17.6 Å². The Morgan fingerprint density at radius 2 is 2.25 bits per heavy atom. The molecule has 1 atom stereocenters. The third-order valence-electron chi connectivity index (χ3n) is 1.96. The average Bonchev–Trinajstić information content (AvgIpc) is 2.48. The van der Waals surface area contributed by atoms with Gasteiger partial charge in [0.2, 0.25) is 0 Å². The maximum absolute atomic E-state index is 11.6. The lowest BCUT2D eigenvalue weighted by molar-refractivity contribution is -0.140. The molecule has 5 nitrogen and oxygen atoms in total. The first-order valence-corrected chi connectivity index (χ1v) is 7.34. The van der Waals surface area contributed by atoms with Crippen molar-refractivity contribution < 1.29 is 18.3 Å². The molecular formula is C9H13NO4S2. The highest BCUT2D eigenvalue weighted by atomic mass is 32.2. The lowest BCUT2D eigenvalue weighted by atomic mass is 10.2. The number of rotatable bonds is 5. The summed E-state index contributed by atoms with van der Waals surface area (Å²) >= 11 is 1.38. The Kier molecular flexibility index (Phi) is 4.03. The van der Waals surface area contributed by atoms with Crippen molar-refractivity contribution in [2.45, 2.75) is 19.6 Å². The first kappa shape index (κ1) is 13.1. The minimum absolute atomic E-state index is 0.186. The Balaban J connectivity index is 2.69. The molecule has 0 saturated heterocycles. The van der Waals surface area contributed by atoms with Gasteiger partial charge in [-0.05, 0) is 6.92 Å². The molecule has 0 aliphatic carbocycles. The van der Waals surface area contributed by atoms with Crippen LogP contribution in [-0.4, -0.2) is 30.2 Å². The number of carbonyl (C=O) groups is 1. The minimum Gasteiger partial charge on any atom is -0.481 e. The third-order valence-corrected chi connectivity index (χ3v) is 4.53. The van der Waals surface area contributed by atoms with Gasteiger partial charge < -0.3 is 5.11 Å². The molecule has 0 aromatic carbocycles. The predicted octanol–water partition coefficient (Wildman–Crippen LogP) is 1.09. The molecule has 1 aromatic heterocycles. The van der Waals surface area contributed by atoms with Crippen molar-refractivity contribution in [3.8, 4) is 0 Å². The largest absolute Gasteiger partial charge is 0.481 e. The topological polar surface area (TPSA) is 84.3 Å². The molecule has 0 fully saturated rings. The zero-order valence-electron chi connectivity index (χ0n) is 9.00. The van der Waals surface area contributed by atoms with E-state index >= 15 is 0 Å². The Morgan fingerprint density at radius 1 is 1.62 bits per heavy atom. The number of hydrogen-bond donors (Lipinski definition) is 1. The zero-order valence-corrected chi connectivity index (χ0v) is 10.6. The summed E-state index contributed by atoms with van der Waals surface area (Å²) in [6.45, 7) is 3.17. The van der Waals surface area contributed by atoms with Gasteiger partial charge in [-0.2, -0.15) is 0 Å². The molecule has 0 saturated carbocycles. The summed E-state index contributed by atoms with van der Waals surface area (Å²) in [4.78, 5) is 14.6. The van der Waals surface area contributed by atoms with Gasteiger partial charge in [0, 0.05) is 5.38 Å². The lowest BCUT2D eigenvalue weighted by Gasteiger charge is -2.06. The molecule has 0 amide bonds. The van der Waals surface area contributed by atoms with E-state index in [-0.39, 0.29) is 11.5 Å². The quantitative estimate of drug-likeness (QED) is 0.859. The van der Waals surface area contributed by atoms with E-state index in [2.05, 4.69) is 4.98 Å². The maximum Gasteiger partial charge on any atom is 0.307 e. The Bertz CT molecular complexity index is 477. The van der Waals surface area contributed by atoms with Gasteiger partial charge in [-0.15, -0.1) is 11.3 Å². The lowest BCUT2D eigenvalue weighted by Crippen LogP contribution is -2.22. The molecule has 1 aromatic rings. The first-order chi connectivity index (χ1) is 7.30. The van der Waals surface area contributed by atoms with Crippen LogP contribution in [-0.2, 0) is 20.4 Å². The molecular weight excluding hydrogens is 250 g/mol. The van der Waals surface area contributed by atoms with Gasteiger partial charge in [-0.25, -0.2) is 13.4 Å². The molecule has 0 spiro atoms. The van der Waals surface area contributed by atoms with Crippen LogP contribution < -0.4 is 0 Å². The van der Waals surface area contributed by atoms with Gasteiger partial charge in [0.05, 0.1) is 28.1 Å². The number of carboxylic acids is 1. The zero-order chi connectivity index (χ0) is 12.3. The van der Waals surface area contributed by atoms with Crippen LogP contribution in [0.3, 0.4) is 0 Å². The normalized spacial score (nSPS) is 13.6. The standard InChI is InChI=1S/C9H13NO4S2/c1-6(9(11)12)4-16(13,14)5-8-3-15-7(2)10-8/h3,6H,4-5H2,1-2H3,(H,11,12). The smallest absolute Gasteiger partial charge is 0.307 e. The van der Waals surface area contributed by atoms with Gasteiger partial charge >= 0.3 is 5.97 Å². The molecule has 0 radical (unpaired) electrons. The Hall–Kier alpha value is -0.950. The highest BCUT2D eigenvalue weighted by molar-refractivity contribution is 7.90. The molecule has 7 heteroatoms. The summed E-state index contributed by atoms with van der Waals surface area (Å²) in [5.74, 6) is -2.52. The van der Waals surface area contributed by atoms with Crippen LogP contribution in [0.15, 0.2) is 5.38 Å². The SMILES string of the molecule is Cc1nc(CS(=O)(=O)CC(C)C(=O)O)cs1. The van der Waals surface area contributed by atoms with E-state index in [1.807, 2.05) is 0 Å². The van der Waals surface area contributed by atoms with Crippen LogP contribution in [0.2, 0.25) is 0 Å². The molecule has 1 rings (SSSR count). The van der Waals surface area contributed by atoms with E-state index in [0.717, 1.165) is 5.01 Å². The number of hydrogen-bond acceptors (Lipinski definition) is 5. The van der Waals surface area contributed by atoms with Crippen molar-refractivity contribution in [1.29, 1.82) is 0 Å². The molecule has 0 aliphatic rings. The maximum atomic E-state index is 11.6. The monoisotopic (exact) mass is 263 g/mol. The fourth-order valence-electron chi connectivity index (χ4n) is 1.21. The van der Waals surface area contributed by atoms with Crippen molar-refractivity contribution in [2.24, 2.45) is 5.92 Å². The number of aliphatic carboxylic acids is 1. The van der Waals surface area contributed by atoms with E-state index in [9.17, 15) is 13.2 Å². The van der Waals surface area contributed by atoms with E-state index < -0.39 is 21.7 Å². The van der Waals surface area contributed by atoms with Crippen molar-refractivity contribution in [3.63, 3.8) is 0 Å². The summed E-state index contributed by atoms with van der Waals surface area (Å²) in [5.41, 5.74) is 0.486. The summed E-state index contributed by atoms with van der Waals surface area (Å²) in [7, 11) is -3.40. The molecule has 1 unspecified atom stereocenters. The van der Waals surface area contributed by atoms with E-state index in [0.29, 0.717) is 5.69 Å². The molecule has 16 heavy (non-hydrogen) atoms.